The normalized spacial score (nSPS) is 22.9. The van der Waals surface area contributed by atoms with Crippen molar-refractivity contribution in [3.63, 3.8) is 0 Å². The van der Waals surface area contributed by atoms with E-state index in [1.165, 1.54) is 0 Å². The second-order valence-electron chi connectivity index (χ2n) is 6.93. The fourth-order valence-electron chi connectivity index (χ4n) is 3.50. The molecule has 0 aliphatic carbocycles. The minimum absolute atomic E-state index is 0.150. The Balaban J connectivity index is 1.52. The number of anilines is 1. The highest BCUT2D eigenvalue weighted by Crippen LogP contribution is 2.26. The number of carbonyl (C=O) groups excluding carboxylic acids is 2. The molecule has 136 valence electrons. The molecular formula is C19H26N2O4. The number of ether oxygens (including phenoxy) is 1. The van der Waals surface area contributed by atoms with Crippen LogP contribution in [0.15, 0.2) is 24.3 Å². The SMILES string of the molecule is Cc1ccc(N2CC[C@@H](C(=O)NC[C@@H](O)C3CCOCC3)C2=O)cc1. The number of nitrogens with one attached hydrogen (secondary N) is 1. The first-order valence-electron chi connectivity index (χ1n) is 8.98. The van der Waals surface area contributed by atoms with Crippen LogP contribution in [0.4, 0.5) is 5.69 Å². The molecule has 0 radical (unpaired) electrons. The predicted molar refractivity (Wildman–Crippen MR) is 94.2 cm³/mol. The van der Waals surface area contributed by atoms with E-state index in [1.807, 2.05) is 31.2 Å². The number of aliphatic hydroxyl groups is 1. The first-order valence-corrected chi connectivity index (χ1v) is 8.98. The van der Waals surface area contributed by atoms with Gasteiger partial charge >= 0.3 is 0 Å². The molecule has 1 aromatic carbocycles. The Bertz CT molecular complexity index is 610. The molecular weight excluding hydrogens is 320 g/mol. The van der Waals surface area contributed by atoms with Crippen LogP contribution in [0.1, 0.15) is 24.8 Å². The van der Waals surface area contributed by atoms with Gasteiger partial charge in [-0.3, -0.25) is 9.59 Å². The van der Waals surface area contributed by atoms with E-state index in [0.29, 0.717) is 26.2 Å². The van der Waals surface area contributed by atoms with Crippen molar-refractivity contribution in [2.45, 2.75) is 32.3 Å². The molecule has 2 N–H and O–H groups in total. The average molecular weight is 346 g/mol. The van der Waals surface area contributed by atoms with Gasteiger partial charge in [-0.05, 0) is 44.2 Å². The first kappa shape index (κ1) is 17.9. The third-order valence-electron chi connectivity index (χ3n) is 5.16. The second kappa shape index (κ2) is 7.97. The van der Waals surface area contributed by atoms with Crippen LogP contribution in [0.3, 0.4) is 0 Å². The van der Waals surface area contributed by atoms with Gasteiger partial charge in [0.25, 0.3) is 0 Å². The van der Waals surface area contributed by atoms with Crippen molar-refractivity contribution < 1.29 is 19.4 Å². The van der Waals surface area contributed by atoms with Gasteiger partial charge in [0.15, 0.2) is 0 Å². The fraction of sp³-hybridized carbons (Fsp3) is 0.579. The lowest BCUT2D eigenvalue weighted by molar-refractivity contribution is -0.132. The van der Waals surface area contributed by atoms with E-state index in [2.05, 4.69) is 5.32 Å². The van der Waals surface area contributed by atoms with Gasteiger partial charge in [0.2, 0.25) is 11.8 Å². The van der Waals surface area contributed by atoms with Crippen molar-refractivity contribution in [2.75, 3.05) is 31.2 Å². The molecule has 2 atom stereocenters. The van der Waals surface area contributed by atoms with Crippen LogP contribution in [0, 0.1) is 18.8 Å². The van der Waals surface area contributed by atoms with Crippen LogP contribution in [0.2, 0.25) is 0 Å². The topological polar surface area (TPSA) is 78.9 Å². The molecule has 2 aliphatic rings. The Labute approximate surface area is 148 Å². The number of amides is 2. The highest BCUT2D eigenvalue weighted by atomic mass is 16.5. The summed E-state index contributed by atoms with van der Waals surface area (Å²) in [5.41, 5.74) is 1.96. The maximum absolute atomic E-state index is 12.6. The van der Waals surface area contributed by atoms with Crippen molar-refractivity contribution in [1.29, 1.82) is 0 Å². The third kappa shape index (κ3) is 4.19. The third-order valence-corrected chi connectivity index (χ3v) is 5.16. The monoisotopic (exact) mass is 346 g/mol. The summed E-state index contributed by atoms with van der Waals surface area (Å²) in [6, 6.07) is 7.73. The summed E-state index contributed by atoms with van der Waals surface area (Å²) in [5, 5.41) is 13.0. The lowest BCUT2D eigenvalue weighted by Gasteiger charge is -2.27. The molecule has 3 rings (SSSR count). The van der Waals surface area contributed by atoms with E-state index in [0.717, 1.165) is 24.1 Å². The van der Waals surface area contributed by atoms with Gasteiger partial charge in [-0.25, -0.2) is 0 Å². The first-order chi connectivity index (χ1) is 12.1. The van der Waals surface area contributed by atoms with Crippen molar-refractivity contribution in [2.24, 2.45) is 11.8 Å². The highest BCUT2D eigenvalue weighted by molar-refractivity contribution is 6.09. The average Bonchev–Trinajstić information content (AvgIpc) is 3.02. The van der Waals surface area contributed by atoms with Crippen molar-refractivity contribution in [3.05, 3.63) is 29.8 Å². The smallest absolute Gasteiger partial charge is 0.239 e. The molecule has 2 heterocycles. The standard InChI is InChI=1S/C19H26N2O4/c1-13-2-4-15(5-3-13)21-9-6-16(19(21)24)18(23)20-12-17(22)14-7-10-25-11-8-14/h2-5,14,16-17,22H,6-12H2,1H3,(H,20,23)/t16-,17+/m0/s1. The molecule has 2 amide bonds. The molecule has 1 aromatic rings. The highest BCUT2D eigenvalue weighted by Gasteiger charge is 2.37. The summed E-state index contributed by atoms with van der Waals surface area (Å²) in [5.74, 6) is -0.965. The Hall–Kier alpha value is -1.92. The van der Waals surface area contributed by atoms with Crippen LogP contribution < -0.4 is 10.2 Å². The molecule has 6 heteroatoms. The molecule has 0 unspecified atom stereocenters. The second-order valence-corrected chi connectivity index (χ2v) is 6.93. The van der Waals surface area contributed by atoms with Gasteiger partial charge in [-0.2, -0.15) is 0 Å². The van der Waals surface area contributed by atoms with Crippen molar-refractivity contribution in [3.8, 4) is 0 Å². The van der Waals surface area contributed by atoms with Crippen LogP contribution in [-0.4, -0.2) is 49.3 Å². The van der Waals surface area contributed by atoms with Gasteiger partial charge in [0.1, 0.15) is 5.92 Å². The van der Waals surface area contributed by atoms with Gasteiger partial charge in [0.05, 0.1) is 6.10 Å². The number of aryl methyl sites for hydroxylation is 1. The number of carbonyl (C=O) groups is 2. The van der Waals surface area contributed by atoms with E-state index in [1.54, 1.807) is 4.90 Å². The molecule has 2 fully saturated rings. The van der Waals surface area contributed by atoms with E-state index in [-0.39, 0.29) is 24.3 Å². The Kier molecular flexibility index (Phi) is 5.71. The number of hydrogen-bond acceptors (Lipinski definition) is 4. The molecule has 2 saturated heterocycles. The van der Waals surface area contributed by atoms with E-state index >= 15 is 0 Å². The largest absolute Gasteiger partial charge is 0.391 e. The van der Waals surface area contributed by atoms with Gasteiger partial charge in [0, 0.05) is 32.0 Å². The maximum atomic E-state index is 12.6. The summed E-state index contributed by atoms with van der Waals surface area (Å²) < 4.78 is 5.28. The van der Waals surface area contributed by atoms with Gasteiger partial charge in [-0.15, -0.1) is 0 Å². The van der Waals surface area contributed by atoms with E-state index in [9.17, 15) is 14.7 Å². The summed E-state index contributed by atoms with van der Waals surface area (Å²) >= 11 is 0. The Morgan fingerprint density at radius 3 is 2.64 bits per heavy atom. The number of benzene rings is 1. The minimum Gasteiger partial charge on any atom is -0.391 e. The Morgan fingerprint density at radius 1 is 1.28 bits per heavy atom. The van der Waals surface area contributed by atoms with Crippen LogP contribution in [-0.2, 0) is 14.3 Å². The predicted octanol–water partition coefficient (Wildman–Crippen LogP) is 1.25. The molecule has 0 aromatic heterocycles. The zero-order chi connectivity index (χ0) is 17.8. The van der Waals surface area contributed by atoms with Crippen LogP contribution in [0.5, 0.6) is 0 Å². The molecule has 25 heavy (non-hydrogen) atoms. The lowest BCUT2D eigenvalue weighted by atomic mass is 9.94. The lowest BCUT2D eigenvalue weighted by Crippen LogP contribution is -2.42. The van der Waals surface area contributed by atoms with Crippen LogP contribution in [0.25, 0.3) is 0 Å². The summed E-state index contributed by atoms with van der Waals surface area (Å²) in [4.78, 5) is 26.6. The summed E-state index contributed by atoms with van der Waals surface area (Å²) in [7, 11) is 0. The van der Waals surface area contributed by atoms with Crippen molar-refractivity contribution in [1.82, 2.24) is 5.32 Å². The fourth-order valence-corrected chi connectivity index (χ4v) is 3.50. The number of nitrogens with zero attached hydrogens (tertiary/aromatic N) is 1. The van der Waals surface area contributed by atoms with Gasteiger partial charge in [-0.1, -0.05) is 17.7 Å². The molecule has 0 saturated carbocycles. The van der Waals surface area contributed by atoms with E-state index < -0.39 is 12.0 Å². The number of aliphatic hydroxyl groups excluding tert-OH is 1. The number of hydrogen-bond donors (Lipinski definition) is 2. The zero-order valence-corrected chi connectivity index (χ0v) is 14.6. The van der Waals surface area contributed by atoms with Crippen LogP contribution >= 0.6 is 0 Å². The number of rotatable bonds is 5. The molecule has 6 nitrogen and oxygen atoms in total. The van der Waals surface area contributed by atoms with Crippen molar-refractivity contribution >= 4 is 17.5 Å². The maximum Gasteiger partial charge on any atom is 0.239 e. The molecule has 0 bridgehead atoms. The molecule has 0 spiro atoms. The quantitative estimate of drug-likeness (QED) is 0.787. The Morgan fingerprint density at radius 2 is 1.96 bits per heavy atom. The van der Waals surface area contributed by atoms with Gasteiger partial charge < -0.3 is 20.1 Å². The summed E-state index contributed by atoms with van der Waals surface area (Å²) in [6.07, 6.45) is 1.53. The summed E-state index contributed by atoms with van der Waals surface area (Å²) in [6.45, 7) is 4.04. The van der Waals surface area contributed by atoms with E-state index in [4.69, 9.17) is 4.74 Å². The zero-order valence-electron chi connectivity index (χ0n) is 14.6. The minimum atomic E-state index is -0.664. The molecule has 2 aliphatic heterocycles.